The Bertz CT molecular complexity index is 1290. The van der Waals surface area contributed by atoms with Gasteiger partial charge in [0.25, 0.3) is 11.8 Å². The number of para-hydroxylation sites is 1. The summed E-state index contributed by atoms with van der Waals surface area (Å²) in [5.74, 6) is -0.327. The summed E-state index contributed by atoms with van der Waals surface area (Å²) in [5.41, 5.74) is 5.58. The van der Waals surface area contributed by atoms with Gasteiger partial charge in [-0.3, -0.25) is 9.59 Å². The summed E-state index contributed by atoms with van der Waals surface area (Å²) in [4.78, 5) is 34.4. The maximum atomic E-state index is 13.4. The molecular weight excluding hydrogens is 430 g/mol. The Morgan fingerprint density at radius 1 is 1.15 bits per heavy atom. The summed E-state index contributed by atoms with van der Waals surface area (Å²) in [7, 11) is 0. The molecule has 5 nitrogen and oxygen atoms in total. The first-order valence-corrected chi connectivity index (χ1v) is 12.0. The number of aliphatic imine (C=N–C) groups is 1. The van der Waals surface area contributed by atoms with Gasteiger partial charge in [-0.1, -0.05) is 42.0 Å². The van der Waals surface area contributed by atoms with Crippen LogP contribution in [0.4, 0.5) is 16.4 Å². The van der Waals surface area contributed by atoms with Crippen LogP contribution in [0.3, 0.4) is 0 Å². The van der Waals surface area contributed by atoms with Crippen molar-refractivity contribution in [1.82, 2.24) is 0 Å². The van der Waals surface area contributed by atoms with Crippen molar-refractivity contribution < 1.29 is 9.59 Å². The highest BCUT2D eigenvalue weighted by molar-refractivity contribution is 7.16. The average Bonchev–Trinajstić information content (AvgIpc) is 3.32. The molecule has 0 saturated carbocycles. The van der Waals surface area contributed by atoms with Gasteiger partial charge in [0.05, 0.1) is 11.3 Å². The fourth-order valence-corrected chi connectivity index (χ4v) is 5.74. The topological polar surface area (TPSA) is 61.8 Å². The van der Waals surface area contributed by atoms with E-state index in [0.717, 1.165) is 53.7 Å². The van der Waals surface area contributed by atoms with Crippen molar-refractivity contribution in [2.24, 2.45) is 4.99 Å². The molecule has 0 fully saturated rings. The third kappa shape index (κ3) is 3.91. The van der Waals surface area contributed by atoms with Crippen LogP contribution in [0.25, 0.3) is 0 Å². The SMILES string of the molecule is C=CCN1C(=O)C(=Nc2sc3c(c2C(=O)Nc2ccc(C)cc2)CCCC3)c2ccccc21. The van der Waals surface area contributed by atoms with E-state index in [9.17, 15) is 9.59 Å². The Morgan fingerprint density at radius 2 is 1.91 bits per heavy atom. The highest BCUT2D eigenvalue weighted by Crippen LogP contribution is 2.41. The van der Waals surface area contributed by atoms with Crippen molar-refractivity contribution in [3.05, 3.63) is 88.3 Å². The molecule has 0 bridgehead atoms. The van der Waals surface area contributed by atoms with Crippen LogP contribution in [0.2, 0.25) is 0 Å². The Kier molecular flexibility index (Phi) is 5.68. The molecule has 1 aromatic heterocycles. The number of benzene rings is 2. The van der Waals surface area contributed by atoms with Gasteiger partial charge in [0.15, 0.2) is 0 Å². The van der Waals surface area contributed by atoms with Crippen molar-refractivity contribution >= 4 is 45.2 Å². The van der Waals surface area contributed by atoms with E-state index in [2.05, 4.69) is 11.9 Å². The molecule has 2 aliphatic rings. The molecule has 2 heterocycles. The number of thiophene rings is 1. The fraction of sp³-hybridized carbons (Fsp3) is 0.222. The molecule has 5 rings (SSSR count). The van der Waals surface area contributed by atoms with E-state index in [-0.39, 0.29) is 11.8 Å². The number of hydrogen-bond acceptors (Lipinski definition) is 4. The van der Waals surface area contributed by atoms with Crippen LogP contribution in [-0.2, 0) is 17.6 Å². The van der Waals surface area contributed by atoms with E-state index in [1.165, 1.54) is 4.88 Å². The van der Waals surface area contributed by atoms with Gasteiger partial charge in [0.2, 0.25) is 0 Å². The Balaban J connectivity index is 1.59. The van der Waals surface area contributed by atoms with Gasteiger partial charge < -0.3 is 10.2 Å². The Morgan fingerprint density at radius 3 is 2.70 bits per heavy atom. The van der Waals surface area contributed by atoms with Crippen LogP contribution in [0.5, 0.6) is 0 Å². The normalized spacial score (nSPS) is 16.0. The molecule has 0 saturated heterocycles. The first-order chi connectivity index (χ1) is 16.1. The summed E-state index contributed by atoms with van der Waals surface area (Å²) in [6, 6.07) is 15.4. The second-order valence-electron chi connectivity index (χ2n) is 8.39. The predicted molar refractivity (Wildman–Crippen MR) is 135 cm³/mol. The van der Waals surface area contributed by atoms with Gasteiger partial charge in [0, 0.05) is 22.7 Å². The lowest BCUT2D eigenvalue weighted by atomic mass is 9.95. The van der Waals surface area contributed by atoms with Crippen molar-refractivity contribution in [2.45, 2.75) is 32.6 Å². The summed E-state index contributed by atoms with van der Waals surface area (Å²) in [6.07, 6.45) is 5.68. The van der Waals surface area contributed by atoms with Crippen LogP contribution in [0.1, 0.15) is 44.8 Å². The van der Waals surface area contributed by atoms with Crippen LogP contribution in [0, 0.1) is 6.92 Å². The highest BCUT2D eigenvalue weighted by atomic mass is 32.1. The molecule has 1 aliphatic carbocycles. The fourth-order valence-electron chi connectivity index (χ4n) is 4.48. The number of hydrogen-bond donors (Lipinski definition) is 1. The van der Waals surface area contributed by atoms with Crippen LogP contribution in [0.15, 0.2) is 66.2 Å². The number of carbonyl (C=O) groups excluding carboxylic acids is 2. The number of rotatable bonds is 5. The third-order valence-corrected chi connectivity index (χ3v) is 7.30. The Labute approximate surface area is 197 Å². The summed E-state index contributed by atoms with van der Waals surface area (Å²) < 4.78 is 0. The number of nitrogens with zero attached hydrogens (tertiary/aromatic N) is 2. The lowest BCUT2D eigenvalue weighted by Crippen LogP contribution is -2.30. The first-order valence-electron chi connectivity index (χ1n) is 11.2. The lowest BCUT2D eigenvalue weighted by Gasteiger charge is -2.13. The molecule has 2 aromatic carbocycles. The van der Waals surface area contributed by atoms with Gasteiger partial charge in [-0.15, -0.1) is 17.9 Å². The van der Waals surface area contributed by atoms with E-state index in [1.807, 2.05) is 55.5 Å². The van der Waals surface area contributed by atoms with Gasteiger partial charge in [-0.25, -0.2) is 4.99 Å². The molecule has 0 radical (unpaired) electrons. The smallest absolute Gasteiger partial charge is 0.277 e. The zero-order valence-electron chi connectivity index (χ0n) is 18.6. The van der Waals surface area contributed by atoms with Gasteiger partial charge in [-0.2, -0.15) is 0 Å². The largest absolute Gasteiger partial charge is 0.322 e. The Hall–Kier alpha value is -3.51. The van der Waals surface area contributed by atoms with Crippen LogP contribution >= 0.6 is 11.3 Å². The number of nitrogens with one attached hydrogen (secondary N) is 1. The molecule has 1 N–H and O–H groups in total. The lowest BCUT2D eigenvalue weighted by molar-refractivity contribution is -0.112. The van der Waals surface area contributed by atoms with Gasteiger partial charge >= 0.3 is 0 Å². The van der Waals surface area contributed by atoms with Crippen molar-refractivity contribution in [2.75, 3.05) is 16.8 Å². The number of fused-ring (bicyclic) bond motifs is 2. The first kappa shape index (κ1) is 21.3. The highest BCUT2D eigenvalue weighted by Gasteiger charge is 2.34. The summed E-state index contributed by atoms with van der Waals surface area (Å²) in [6.45, 7) is 6.21. The third-order valence-electron chi connectivity index (χ3n) is 6.11. The summed E-state index contributed by atoms with van der Waals surface area (Å²) >= 11 is 1.54. The van der Waals surface area contributed by atoms with E-state index >= 15 is 0 Å². The minimum Gasteiger partial charge on any atom is -0.322 e. The van der Waals surface area contributed by atoms with Crippen molar-refractivity contribution in [3.63, 3.8) is 0 Å². The number of anilines is 2. The zero-order valence-corrected chi connectivity index (χ0v) is 19.4. The van der Waals surface area contributed by atoms with Crippen LogP contribution < -0.4 is 10.2 Å². The molecule has 0 atom stereocenters. The van der Waals surface area contributed by atoms with E-state index < -0.39 is 0 Å². The number of carbonyl (C=O) groups is 2. The maximum absolute atomic E-state index is 13.4. The zero-order chi connectivity index (χ0) is 22.9. The number of amides is 2. The minimum atomic E-state index is -0.167. The molecule has 3 aromatic rings. The van der Waals surface area contributed by atoms with E-state index in [0.29, 0.717) is 22.8 Å². The predicted octanol–water partition coefficient (Wildman–Crippen LogP) is 5.84. The molecule has 0 spiro atoms. The van der Waals surface area contributed by atoms with Crippen molar-refractivity contribution in [3.8, 4) is 0 Å². The molecule has 1 aliphatic heterocycles. The molecular formula is C27H25N3O2S. The van der Waals surface area contributed by atoms with Crippen molar-refractivity contribution in [1.29, 1.82) is 0 Å². The van der Waals surface area contributed by atoms with E-state index in [1.54, 1.807) is 22.3 Å². The molecule has 2 amide bonds. The quantitative estimate of drug-likeness (QED) is 0.491. The summed E-state index contributed by atoms with van der Waals surface area (Å²) in [5, 5.41) is 3.65. The van der Waals surface area contributed by atoms with E-state index in [4.69, 9.17) is 4.99 Å². The average molecular weight is 456 g/mol. The van der Waals surface area contributed by atoms with Gasteiger partial charge in [0.1, 0.15) is 10.7 Å². The second-order valence-corrected chi connectivity index (χ2v) is 9.48. The van der Waals surface area contributed by atoms with Crippen LogP contribution in [-0.4, -0.2) is 24.1 Å². The molecule has 166 valence electrons. The van der Waals surface area contributed by atoms with Gasteiger partial charge in [-0.05, 0) is 56.4 Å². The minimum absolute atomic E-state index is 0.160. The maximum Gasteiger partial charge on any atom is 0.277 e. The molecule has 6 heteroatoms. The monoisotopic (exact) mass is 455 g/mol. The number of aryl methyl sites for hydroxylation is 2. The standard InChI is InChI=1S/C27H25N3O2S/c1-3-16-30-21-10-6-4-8-19(21)24(27(30)32)29-26-23(20-9-5-7-11-22(20)33-26)25(31)28-18-14-12-17(2)13-15-18/h3-4,6,8,10,12-15H,1,5,7,9,11,16H2,2H3,(H,28,31). The molecule has 0 unspecified atom stereocenters. The second kappa shape index (κ2) is 8.79. The molecule has 33 heavy (non-hydrogen) atoms.